The number of nitriles is 1. The highest BCUT2D eigenvalue weighted by atomic mass is 79.9. The first-order chi connectivity index (χ1) is 13.6. The van der Waals surface area contributed by atoms with E-state index in [1.807, 2.05) is 29.6 Å². The molecule has 2 heterocycles. The van der Waals surface area contributed by atoms with E-state index >= 15 is 0 Å². The van der Waals surface area contributed by atoms with Gasteiger partial charge >= 0.3 is 5.97 Å². The lowest BCUT2D eigenvalue weighted by molar-refractivity contribution is 0.0739. The molecule has 4 rings (SSSR count). The van der Waals surface area contributed by atoms with Crippen LogP contribution in [0.25, 0.3) is 0 Å². The zero-order valence-corrected chi connectivity index (χ0v) is 16.8. The Hall–Kier alpha value is -3.08. The fraction of sp³-hybridized carbons (Fsp3) is 0.0476. The molecule has 0 aliphatic carbocycles. The molecule has 7 heteroatoms. The summed E-state index contributed by atoms with van der Waals surface area (Å²) in [4.78, 5) is 12.7. The van der Waals surface area contributed by atoms with Gasteiger partial charge < -0.3 is 15.2 Å². The number of benzene rings is 2. The van der Waals surface area contributed by atoms with E-state index in [0.717, 1.165) is 15.6 Å². The Labute approximate surface area is 173 Å². The number of allylic oxidation sites excluding steroid dienone is 1. The normalized spacial score (nSPS) is 15.4. The van der Waals surface area contributed by atoms with Gasteiger partial charge in [0, 0.05) is 16.1 Å². The van der Waals surface area contributed by atoms with Gasteiger partial charge in [-0.05, 0) is 29.1 Å². The fourth-order valence-electron chi connectivity index (χ4n) is 3.08. The van der Waals surface area contributed by atoms with Crippen LogP contribution in [0.4, 0.5) is 0 Å². The van der Waals surface area contributed by atoms with Crippen molar-refractivity contribution in [2.45, 2.75) is 5.92 Å². The van der Waals surface area contributed by atoms with Gasteiger partial charge in [-0.25, -0.2) is 4.79 Å². The van der Waals surface area contributed by atoms with Crippen molar-refractivity contribution in [3.63, 3.8) is 0 Å². The van der Waals surface area contributed by atoms with Crippen LogP contribution in [0.5, 0.6) is 11.5 Å². The van der Waals surface area contributed by atoms with Crippen LogP contribution in [0.15, 0.2) is 75.9 Å². The average molecular weight is 453 g/mol. The van der Waals surface area contributed by atoms with Crippen molar-refractivity contribution >= 4 is 33.2 Å². The summed E-state index contributed by atoms with van der Waals surface area (Å²) in [7, 11) is 0. The number of nitrogens with two attached hydrogens (primary N) is 1. The molecule has 28 heavy (non-hydrogen) atoms. The van der Waals surface area contributed by atoms with Crippen LogP contribution in [0.2, 0.25) is 0 Å². The van der Waals surface area contributed by atoms with E-state index in [0.29, 0.717) is 21.9 Å². The predicted molar refractivity (Wildman–Crippen MR) is 109 cm³/mol. The van der Waals surface area contributed by atoms with Crippen LogP contribution in [0, 0.1) is 11.3 Å². The fourth-order valence-corrected chi connectivity index (χ4v) is 4.19. The summed E-state index contributed by atoms with van der Waals surface area (Å²) in [6.07, 6.45) is 0. The molecular formula is C21H13BrN2O3S. The number of thiophene rings is 1. The topological polar surface area (TPSA) is 85.3 Å². The maximum absolute atomic E-state index is 12.2. The first-order valence-corrected chi connectivity index (χ1v) is 9.97. The molecule has 138 valence electrons. The van der Waals surface area contributed by atoms with Gasteiger partial charge in [0.1, 0.15) is 28.0 Å². The van der Waals surface area contributed by atoms with Gasteiger partial charge in [-0.1, -0.05) is 46.3 Å². The minimum absolute atomic E-state index is 0.0393. The molecule has 1 aromatic heterocycles. The van der Waals surface area contributed by atoms with E-state index < -0.39 is 5.97 Å². The second-order valence-corrected chi connectivity index (χ2v) is 7.81. The lowest BCUT2D eigenvalue weighted by atomic mass is 9.83. The Morgan fingerprint density at radius 1 is 1.18 bits per heavy atom. The smallest absolute Gasteiger partial charge is 0.353 e. The van der Waals surface area contributed by atoms with Crippen LogP contribution in [0.1, 0.15) is 26.7 Å². The van der Waals surface area contributed by atoms with Gasteiger partial charge in [-0.2, -0.15) is 5.26 Å². The molecule has 2 N–H and O–H groups in total. The van der Waals surface area contributed by atoms with Crippen molar-refractivity contribution in [1.29, 1.82) is 5.26 Å². The maximum atomic E-state index is 12.2. The lowest BCUT2D eigenvalue weighted by Gasteiger charge is -2.27. The summed E-state index contributed by atoms with van der Waals surface area (Å²) < 4.78 is 12.0. The maximum Gasteiger partial charge on any atom is 0.353 e. The van der Waals surface area contributed by atoms with Gasteiger partial charge in [-0.15, -0.1) is 11.3 Å². The number of hydrogen-bond acceptors (Lipinski definition) is 6. The van der Waals surface area contributed by atoms with E-state index in [1.54, 1.807) is 30.3 Å². The third-order valence-corrected chi connectivity index (χ3v) is 5.91. The Kier molecular flexibility index (Phi) is 4.90. The molecule has 0 fully saturated rings. The number of hydrogen-bond donors (Lipinski definition) is 1. The molecule has 5 nitrogen and oxygen atoms in total. The molecule has 1 aliphatic rings. The monoisotopic (exact) mass is 452 g/mol. The number of nitrogens with zero attached hydrogens (tertiary/aromatic N) is 1. The zero-order valence-electron chi connectivity index (χ0n) is 14.4. The molecule has 0 radical (unpaired) electrons. The predicted octanol–water partition coefficient (Wildman–Crippen LogP) is 4.95. The Balaban J connectivity index is 1.74. The molecule has 0 spiro atoms. The molecule has 1 unspecified atom stereocenters. The summed E-state index contributed by atoms with van der Waals surface area (Å²) in [6, 6.07) is 18.4. The molecule has 1 atom stereocenters. The van der Waals surface area contributed by atoms with Gasteiger partial charge in [0.2, 0.25) is 5.88 Å². The van der Waals surface area contributed by atoms with Crippen molar-refractivity contribution < 1.29 is 14.3 Å². The van der Waals surface area contributed by atoms with Crippen molar-refractivity contribution in [2.24, 2.45) is 5.73 Å². The van der Waals surface area contributed by atoms with Crippen molar-refractivity contribution in [1.82, 2.24) is 0 Å². The molecular weight excluding hydrogens is 440 g/mol. The van der Waals surface area contributed by atoms with Gasteiger partial charge in [0.15, 0.2) is 0 Å². The Bertz CT molecular complexity index is 1130. The Morgan fingerprint density at radius 2 is 2.00 bits per heavy atom. The number of halogens is 1. The Morgan fingerprint density at radius 3 is 2.71 bits per heavy atom. The lowest BCUT2D eigenvalue weighted by Crippen LogP contribution is -2.21. The van der Waals surface area contributed by atoms with Crippen molar-refractivity contribution in [2.75, 3.05) is 0 Å². The summed E-state index contributed by atoms with van der Waals surface area (Å²) in [5.74, 6) is 0.0168. The van der Waals surface area contributed by atoms with Gasteiger partial charge in [0.25, 0.3) is 0 Å². The quantitative estimate of drug-likeness (QED) is 0.448. The van der Waals surface area contributed by atoms with E-state index in [4.69, 9.17) is 15.2 Å². The van der Waals surface area contributed by atoms with Gasteiger partial charge in [-0.3, -0.25) is 0 Å². The molecule has 2 aromatic carbocycles. The van der Waals surface area contributed by atoms with Gasteiger partial charge in [0.05, 0.1) is 5.92 Å². The summed E-state index contributed by atoms with van der Waals surface area (Å²) in [5, 5.41) is 11.4. The van der Waals surface area contributed by atoms with Crippen molar-refractivity contribution in [3.05, 3.63) is 91.9 Å². The SMILES string of the molecule is N#CC1=C(N)Oc2cc(OC(=O)c3cccs3)ccc2C1c1ccccc1Br. The minimum atomic E-state index is -0.436. The highest BCUT2D eigenvalue weighted by Gasteiger charge is 2.32. The summed E-state index contributed by atoms with van der Waals surface area (Å²) >= 11 is 4.86. The third kappa shape index (κ3) is 3.28. The molecule has 0 bridgehead atoms. The highest BCUT2D eigenvalue weighted by Crippen LogP contribution is 2.45. The zero-order chi connectivity index (χ0) is 19.7. The van der Waals surface area contributed by atoms with E-state index in [1.165, 1.54) is 11.3 Å². The molecule has 1 aliphatic heterocycles. The minimum Gasteiger partial charge on any atom is -0.440 e. The largest absolute Gasteiger partial charge is 0.440 e. The first-order valence-electron chi connectivity index (χ1n) is 8.30. The third-order valence-electron chi connectivity index (χ3n) is 4.34. The van der Waals surface area contributed by atoms with Crippen molar-refractivity contribution in [3.8, 4) is 17.6 Å². The molecule has 3 aromatic rings. The second-order valence-electron chi connectivity index (χ2n) is 6.01. The molecule has 0 amide bonds. The van der Waals surface area contributed by atoms with Crippen LogP contribution in [-0.2, 0) is 0 Å². The standard InChI is InChI=1S/C21H13BrN2O3S/c22-16-5-2-1-4-13(16)19-14-8-7-12(26-21(25)18-6-3-9-28-18)10-17(14)27-20(24)15(19)11-23/h1-10,19H,24H2. The van der Waals surface area contributed by atoms with Crippen LogP contribution in [0.3, 0.4) is 0 Å². The number of fused-ring (bicyclic) bond motifs is 1. The second kappa shape index (κ2) is 7.50. The number of ether oxygens (including phenoxy) is 2. The van der Waals surface area contributed by atoms with Crippen LogP contribution < -0.4 is 15.2 Å². The van der Waals surface area contributed by atoms with Crippen LogP contribution >= 0.6 is 27.3 Å². The summed E-state index contributed by atoms with van der Waals surface area (Å²) in [6.45, 7) is 0. The average Bonchev–Trinajstić information content (AvgIpc) is 3.22. The number of carbonyl (C=O) groups is 1. The molecule has 0 saturated carbocycles. The first kappa shape index (κ1) is 18.3. The van der Waals surface area contributed by atoms with Crippen LogP contribution in [-0.4, -0.2) is 5.97 Å². The number of esters is 1. The van der Waals surface area contributed by atoms with E-state index in [9.17, 15) is 10.1 Å². The number of rotatable bonds is 3. The van der Waals surface area contributed by atoms with E-state index in [2.05, 4.69) is 22.0 Å². The van der Waals surface area contributed by atoms with E-state index in [-0.39, 0.29) is 11.8 Å². The molecule has 0 saturated heterocycles. The highest BCUT2D eigenvalue weighted by molar-refractivity contribution is 9.10. The number of carbonyl (C=O) groups excluding carboxylic acids is 1. The summed E-state index contributed by atoms with van der Waals surface area (Å²) in [5.41, 5.74) is 8.03.